The van der Waals surface area contributed by atoms with Gasteiger partial charge in [-0.05, 0) is 50.8 Å². The van der Waals surface area contributed by atoms with Crippen molar-refractivity contribution in [2.24, 2.45) is 5.92 Å². The van der Waals surface area contributed by atoms with Crippen LogP contribution in [-0.4, -0.2) is 72.9 Å². The Morgan fingerprint density at radius 2 is 1.85 bits per heavy atom. The Bertz CT molecular complexity index is 1070. The van der Waals surface area contributed by atoms with Crippen molar-refractivity contribution in [1.29, 1.82) is 0 Å². The Kier molecular flexibility index (Phi) is 7.16. The number of aromatic nitrogens is 1. The summed E-state index contributed by atoms with van der Waals surface area (Å²) in [5.74, 6) is -0.297. The van der Waals surface area contributed by atoms with Gasteiger partial charge in [-0.2, -0.15) is 4.31 Å². The third-order valence-corrected chi connectivity index (χ3v) is 8.63. The van der Waals surface area contributed by atoms with Gasteiger partial charge in [-0.1, -0.05) is 17.3 Å². The molecule has 180 valence electrons. The first-order valence-electron chi connectivity index (χ1n) is 11.4. The van der Waals surface area contributed by atoms with Gasteiger partial charge in [0.2, 0.25) is 15.9 Å². The first-order valence-corrected chi connectivity index (χ1v) is 12.9. The summed E-state index contributed by atoms with van der Waals surface area (Å²) in [6.45, 7) is 7.35. The van der Waals surface area contributed by atoms with Crippen molar-refractivity contribution in [3.63, 3.8) is 0 Å². The molecule has 0 radical (unpaired) electrons. The number of hydrogen-bond acceptors (Lipinski definition) is 6. The second-order valence-corrected chi connectivity index (χ2v) is 10.8. The van der Waals surface area contributed by atoms with Gasteiger partial charge < -0.3 is 9.42 Å². The summed E-state index contributed by atoms with van der Waals surface area (Å²) in [5, 5.41) is 3.78. The molecule has 0 bridgehead atoms. The van der Waals surface area contributed by atoms with E-state index in [0.717, 1.165) is 31.6 Å². The van der Waals surface area contributed by atoms with Gasteiger partial charge >= 0.3 is 0 Å². The molecule has 4 rings (SSSR count). The number of amides is 1. The number of aryl methyl sites for hydroxylation is 2. The van der Waals surface area contributed by atoms with Gasteiger partial charge in [-0.25, -0.2) is 12.8 Å². The van der Waals surface area contributed by atoms with Crippen LogP contribution in [0.15, 0.2) is 33.7 Å². The summed E-state index contributed by atoms with van der Waals surface area (Å²) in [6, 6.07) is 6.52. The fourth-order valence-corrected chi connectivity index (χ4v) is 6.60. The highest BCUT2D eigenvalue weighted by molar-refractivity contribution is 7.89. The summed E-state index contributed by atoms with van der Waals surface area (Å²) >= 11 is 0. The zero-order valence-corrected chi connectivity index (χ0v) is 20.0. The molecule has 33 heavy (non-hydrogen) atoms. The maximum Gasteiger partial charge on any atom is 0.248 e. The molecule has 1 atom stereocenters. The number of piperidine rings is 1. The van der Waals surface area contributed by atoms with E-state index in [1.54, 1.807) is 26.0 Å². The van der Waals surface area contributed by atoms with Crippen LogP contribution in [0.3, 0.4) is 0 Å². The van der Waals surface area contributed by atoms with Crippen molar-refractivity contribution in [1.82, 2.24) is 19.3 Å². The lowest BCUT2D eigenvalue weighted by molar-refractivity contribution is -0.136. The lowest BCUT2D eigenvalue weighted by Crippen LogP contribution is -2.47. The molecule has 2 aromatic rings. The summed E-state index contributed by atoms with van der Waals surface area (Å²) in [5.41, 5.74) is 1.39. The van der Waals surface area contributed by atoms with Gasteiger partial charge in [0.1, 0.15) is 16.4 Å². The summed E-state index contributed by atoms with van der Waals surface area (Å²) in [6.07, 6.45) is 2.17. The number of benzene rings is 1. The van der Waals surface area contributed by atoms with E-state index in [1.807, 2.05) is 4.90 Å². The van der Waals surface area contributed by atoms with E-state index in [1.165, 1.54) is 16.4 Å². The topological polar surface area (TPSA) is 87.0 Å². The fraction of sp³-hybridized carbons (Fsp3) is 0.565. The first-order chi connectivity index (χ1) is 15.8. The van der Waals surface area contributed by atoms with Gasteiger partial charge in [-0.15, -0.1) is 0 Å². The largest absolute Gasteiger partial charge is 0.360 e. The van der Waals surface area contributed by atoms with Gasteiger partial charge in [0.05, 0.1) is 5.92 Å². The van der Waals surface area contributed by atoms with Gasteiger partial charge in [-0.3, -0.25) is 9.69 Å². The molecular formula is C23H31FN4O4S. The minimum atomic E-state index is -3.76. The minimum Gasteiger partial charge on any atom is -0.360 e. The second kappa shape index (κ2) is 9.90. The van der Waals surface area contributed by atoms with Crippen molar-refractivity contribution in [3.05, 3.63) is 47.1 Å². The number of nitrogens with zero attached hydrogens (tertiary/aromatic N) is 4. The molecule has 8 nitrogen and oxygen atoms in total. The predicted molar refractivity (Wildman–Crippen MR) is 120 cm³/mol. The molecule has 3 heterocycles. The van der Waals surface area contributed by atoms with E-state index in [0.29, 0.717) is 38.2 Å². The second-order valence-electron chi connectivity index (χ2n) is 8.94. The predicted octanol–water partition coefficient (Wildman–Crippen LogP) is 2.57. The van der Waals surface area contributed by atoms with Crippen LogP contribution in [0.25, 0.3) is 0 Å². The van der Waals surface area contributed by atoms with Crippen molar-refractivity contribution >= 4 is 15.9 Å². The van der Waals surface area contributed by atoms with Crippen LogP contribution >= 0.6 is 0 Å². The summed E-state index contributed by atoms with van der Waals surface area (Å²) in [7, 11) is -3.76. The molecule has 2 aliphatic heterocycles. The zero-order valence-electron chi connectivity index (χ0n) is 19.2. The molecule has 1 aromatic carbocycles. The van der Waals surface area contributed by atoms with E-state index >= 15 is 0 Å². The molecule has 0 aliphatic carbocycles. The average Bonchev–Trinajstić information content (AvgIpc) is 2.99. The van der Waals surface area contributed by atoms with Crippen LogP contribution in [0.2, 0.25) is 0 Å². The van der Waals surface area contributed by atoms with Gasteiger partial charge in [0.15, 0.2) is 5.76 Å². The minimum absolute atomic E-state index is 0.0253. The van der Waals surface area contributed by atoms with E-state index in [-0.39, 0.29) is 34.8 Å². The fourth-order valence-electron chi connectivity index (χ4n) is 4.79. The Morgan fingerprint density at radius 3 is 2.55 bits per heavy atom. The molecule has 0 spiro atoms. The number of sulfonamides is 1. The Labute approximate surface area is 194 Å². The molecule has 2 saturated heterocycles. The molecule has 1 amide bonds. The smallest absolute Gasteiger partial charge is 0.248 e. The standard InChI is InChI=1S/C23H31FN4O4S/c1-17-22(18(2)32-25-17)33(30,31)28-12-3-5-20(16-28)23(29)27-11-4-10-26(13-14-27)15-19-6-8-21(24)9-7-19/h6-9,20H,3-5,10-16H2,1-2H3. The van der Waals surface area contributed by atoms with Crippen molar-refractivity contribution in [3.8, 4) is 0 Å². The van der Waals surface area contributed by atoms with Crippen molar-refractivity contribution in [2.75, 3.05) is 39.3 Å². The first kappa shape index (κ1) is 23.8. The molecule has 0 N–H and O–H groups in total. The number of carbonyl (C=O) groups excluding carboxylic acids is 1. The van der Waals surface area contributed by atoms with E-state index in [9.17, 15) is 17.6 Å². The van der Waals surface area contributed by atoms with Crippen LogP contribution in [-0.2, 0) is 21.4 Å². The van der Waals surface area contributed by atoms with Gasteiger partial charge in [0, 0.05) is 45.8 Å². The summed E-state index contributed by atoms with van der Waals surface area (Å²) < 4.78 is 46.0. The lowest BCUT2D eigenvalue weighted by Gasteiger charge is -2.34. The van der Waals surface area contributed by atoms with Crippen molar-refractivity contribution < 1.29 is 22.1 Å². The lowest BCUT2D eigenvalue weighted by atomic mass is 9.98. The SMILES string of the molecule is Cc1noc(C)c1S(=O)(=O)N1CCCC(C(=O)N2CCCN(Cc3ccc(F)cc3)CC2)C1. The highest BCUT2D eigenvalue weighted by Crippen LogP contribution is 2.28. The maximum absolute atomic E-state index is 13.3. The van der Waals surface area contributed by atoms with Crippen LogP contribution in [0, 0.1) is 25.6 Å². The molecule has 1 aromatic heterocycles. The number of halogens is 1. The normalized spacial score (nSPS) is 21.2. The highest BCUT2D eigenvalue weighted by Gasteiger charge is 2.37. The quantitative estimate of drug-likeness (QED) is 0.657. The summed E-state index contributed by atoms with van der Waals surface area (Å²) in [4.78, 5) is 17.6. The maximum atomic E-state index is 13.3. The molecule has 1 unspecified atom stereocenters. The number of hydrogen-bond donors (Lipinski definition) is 0. The Balaban J connectivity index is 1.38. The van der Waals surface area contributed by atoms with Crippen molar-refractivity contribution in [2.45, 2.75) is 44.6 Å². The van der Waals surface area contributed by atoms with E-state index < -0.39 is 10.0 Å². The molecule has 0 saturated carbocycles. The monoisotopic (exact) mass is 478 g/mol. The van der Waals surface area contributed by atoms with E-state index in [2.05, 4.69) is 10.1 Å². The molecule has 2 fully saturated rings. The molecule has 10 heteroatoms. The molecule has 2 aliphatic rings. The van der Waals surface area contributed by atoms with Crippen LogP contribution < -0.4 is 0 Å². The Morgan fingerprint density at radius 1 is 1.09 bits per heavy atom. The zero-order chi connectivity index (χ0) is 23.6. The van der Waals surface area contributed by atoms with Crippen LogP contribution in [0.4, 0.5) is 4.39 Å². The number of rotatable bonds is 5. The van der Waals surface area contributed by atoms with Crippen LogP contribution in [0.5, 0.6) is 0 Å². The van der Waals surface area contributed by atoms with E-state index in [4.69, 9.17) is 4.52 Å². The average molecular weight is 479 g/mol. The highest BCUT2D eigenvalue weighted by atomic mass is 32.2. The third kappa shape index (κ3) is 5.28. The van der Waals surface area contributed by atoms with Crippen LogP contribution in [0.1, 0.15) is 36.3 Å². The molecular weight excluding hydrogens is 447 g/mol. The third-order valence-electron chi connectivity index (χ3n) is 6.52. The Hall–Kier alpha value is -2.30. The number of carbonyl (C=O) groups is 1. The van der Waals surface area contributed by atoms with Gasteiger partial charge in [0.25, 0.3) is 0 Å².